The first kappa shape index (κ1) is 17.0. The molecule has 2 aromatic carbocycles. The molecule has 1 saturated heterocycles. The number of nitrogens with zero attached hydrogens (tertiary/aromatic N) is 2. The second kappa shape index (κ2) is 6.93. The topological polar surface area (TPSA) is 125 Å². The minimum Gasteiger partial charge on any atom is -0.388 e. The van der Waals surface area contributed by atoms with E-state index < -0.39 is 28.3 Å². The van der Waals surface area contributed by atoms with E-state index in [0.29, 0.717) is 11.1 Å². The van der Waals surface area contributed by atoms with E-state index in [0.717, 1.165) is 0 Å². The van der Waals surface area contributed by atoms with Crippen LogP contribution >= 0.6 is 0 Å². The molecule has 3 atom stereocenters. The van der Waals surface area contributed by atoms with Gasteiger partial charge in [0.15, 0.2) is 6.29 Å². The van der Waals surface area contributed by atoms with Crippen molar-refractivity contribution in [2.75, 3.05) is 6.61 Å². The van der Waals surface area contributed by atoms with Gasteiger partial charge in [-0.15, -0.1) is 0 Å². The molecule has 0 aliphatic carbocycles. The van der Waals surface area contributed by atoms with Crippen molar-refractivity contribution in [1.82, 2.24) is 0 Å². The zero-order valence-electron chi connectivity index (χ0n) is 12.8. The van der Waals surface area contributed by atoms with Crippen molar-refractivity contribution in [2.45, 2.75) is 18.5 Å². The highest BCUT2D eigenvalue weighted by Gasteiger charge is 2.33. The Balaban J connectivity index is 1.79. The number of aliphatic hydroxyl groups excluding tert-OH is 1. The van der Waals surface area contributed by atoms with E-state index in [4.69, 9.17) is 9.47 Å². The summed E-state index contributed by atoms with van der Waals surface area (Å²) in [7, 11) is 0. The van der Waals surface area contributed by atoms with Gasteiger partial charge in [0.25, 0.3) is 11.4 Å². The minimum absolute atomic E-state index is 0.00328. The SMILES string of the molecule is O=[N+]([O-])c1ccc([C@H]2OC[C@@H](O)[C@H](c3ccc([N+](=O)[O-])cc3)O2)cc1. The molecule has 0 bridgehead atoms. The highest BCUT2D eigenvalue weighted by molar-refractivity contribution is 5.35. The lowest BCUT2D eigenvalue weighted by Crippen LogP contribution is -2.34. The molecule has 3 rings (SSSR count). The zero-order valence-corrected chi connectivity index (χ0v) is 12.8. The summed E-state index contributed by atoms with van der Waals surface area (Å²) in [5.74, 6) is 0. The number of benzene rings is 2. The van der Waals surface area contributed by atoms with Crippen LogP contribution in [-0.4, -0.2) is 27.7 Å². The Hall–Kier alpha value is -2.88. The quantitative estimate of drug-likeness (QED) is 0.666. The summed E-state index contributed by atoms with van der Waals surface area (Å²) >= 11 is 0. The van der Waals surface area contributed by atoms with Gasteiger partial charge >= 0.3 is 0 Å². The Morgan fingerprint density at radius 2 is 1.36 bits per heavy atom. The third kappa shape index (κ3) is 3.63. The van der Waals surface area contributed by atoms with E-state index in [1.165, 1.54) is 48.5 Å². The van der Waals surface area contributed by atoms with Gasteiger partial charge in [-0.2, -0.15) is 0 Å². The smallest absolute Gasteiger partial charge is 0.269 e. The van der Waals surface area contributed by atoms with Gasteiger partial charge in [-0.25, -0.2) is 0 Å². The number of nitro groups is 2. The van der Waals surface area contributed by atoms with E-state index in [9.17, 15) is 25.3 Å². The maximum atomic E-state index is 10.7. The highest BCUT2D eigenvalue weighted by atomic mass is 16.7. The summed E-state index contributed by atoms with van der Waals surface area (Å²) < 4.78 is 11.2. The van der Waals surface area contributed by atoms with Crippen molar-refractivity contribution in [1.29, 1.82) is 0 Å². The molecule has 1 aliphatic heterocycles. The van der Waals surface area contributed by atoms with Crippen molar-refractivity contribution in [3.8, 4) is 0 Å². The van der Waals surface area contributed by atoms with Gasteiger partial charge in [-0.05, 0) is 29.8 Å². The van der Waals surface area contributed by atoms with Crippen molar-refractivity contribution in [3.63, 3.8) is 0 Å². The molecule has 0 aromatic heterocycles. The number of nitro benzene ring substituents is 2. The maximum Gasteiger partial charge on any atom is 0.269 e. The summed E-state index contributed by atoms with van der Waals surface area (Å²) in [6.45, 7) is 0.00328. The van der Waals surface area contributed by atoms with E-state index in [1.54, 1.807) is 0 Å². The lowest BCUT2D eigenvalue weighted by Gasteiger charge is -2.34. The molecule has 2 aromatic rings. The summed E-state index contributed by atoms with van der Waals surface area (Å²) in [4.78, 5) is 20.4. The van der Waals surface area contributed by atoms with E-state index in [1.807, 2.05) is 0 Å². The molecule has 0 spiro atoms. The van der Waals surface area contributed by atoms with Crippen LogP contribution in [0.1, 0.15) is 23.5 Å². The zero-order chi connectivity index (χ0) is 18.0. The van der Waals surface area contributed by atoms with Gasteiger partial charge < -0.3 is 14.6 Å². The normalized spacial score (nSPS) is 23.2. The van der Waals surface area contributed by atoms with Crippen molar-refractivity contribution >= 4 is 11.4 Å². The Bertz CT molecular complexity index is 776. The molecule has 25 heavy (non-hydrogen) atoms. The summed E-state index contributed by atoms with van der Waals surface area (Å²) in [6, 6.07) is 11.4. The van der Waals surface area contributed by atoms with Crippen molar-refractivity contribution < 1.29 is 24.4 Å². The van der Waals surface area contributed by atoms with Gasteiger partial charge in [0.2, 0.25) is 0 Å². The summed E-state index contributed by atoms with van der Waals surface area (Å²) in [6.07, 6.45) is -2.46. The molecular formula is C16H14N2O7. The Kier molecular flexibility index (Phi) is 4.70. The number of aliphatic hydroxyl groups is 1. The van der Waals surface area contributed by atoms with Gasteiger partial charge in [0.1, 0.15) is 12.2 Å². The minimum atomic E-state index is -0.934. The van der Waals surface area contributed by atoms with Gasteiger partial charge in [-0.3, -0.25) is 20.2 Å². The van der Waals surface area contributed by atoms with Crippen LogP contribution in [0.4, 0.5) is 11.4 Å². The van der Waals surface area contributed by atoms with Crippen molar-refractivity contribution in [2.24, 2.45) is 0 Å². The first-order valence-electron chi connectivity index (χ1n) is 7.39. The third-order valence-electron chi connectivity index (χ3n) is 3.85. The van der Waals surface area contributed by atoms with E-state index >= 15 is 0 Å². The molecule has 9 nitrogen and oxygen atoms in total. The standard InChI is InChI=1S/C16H14N2O7/c19-14-9-24-16(11-3-7-13(8-4-11)18(22)23)25-15(14)10-1-5-12(6-2-10)17(20)21/h1-8,14-16,19H,9H2/t14-,15+,16+/m1/s1. The number of hydrogen-bond donors (Lipinski definition) is 1. The van der Waals surface area contributed by atoms with Gasteiger partial charge in [-0.1, -0.05) is 0 Å². The second-order valence-electron chi connectivity index (χ2n) is 5.49. The first-order valence-corrected chi connectivity index (χ1v) is 7.39. The maximum absolute atomic E-state index is 10.7. The van der Waals surface area contributed by atoms with Crippen molar-refractivity contribution in [3.05, 3.63) is 79.9 Å². The van der Waals surface area contributed by atoms with Crippen LogP contribution in [0.5, 0.6) is 0 Å². The van der Waals surface area contributed by atoms with Crippen LogP contribution < -0.4 is 0 Å². The Labute approximate surface area is 141 Å². The molecule has 1 heterocycles. The molecule has 130 valence electrons. The lowest BCUT2D eigenvalue weighted by molar-refractivity contribution is -0.385. The molecule has 1 fully saturated rings. The van der Waals surface area contributed by atoms with E-state index in [2.05, 4.69) is 0 Å². The molecule has 0 amide bonds. The Morgan fingerprint density at radius 1 is 0.880 bits per heavy atom. The molecule has 0 unspecified atom stereocenters. The van der Waals surface area contributed by atoms with Crippen LogP contribution in [0, 0.1) is 20.2 Å². The van der Waals surface area contributed by atoms with Crippen LogP contribution in [0.15, 0.2) is 48.5 Å². The van der Waals surface area contributed by atoms with Crippen LogP contribution in [0.3, 0.4) is 0 Å². The predicted octanol–water partition coefficient (Wildman–Crippen LogP) is 2.65. The fourth-order valence-electron chi connectivity index (χ4n) is 2.55. The van der Waals surface area contributed by atoms with Crippen LogP contribution in [-0.2, 0) is 9.47 Å². The highest BCUT2D eigenvalue weighted by Crippen LogP contribution is 2.35. The summed E-state index contributed by atoms with van der Waals surface area (Å²) in [5, 5.41) is 31.5. The Morgan fingerprint density at radius 3 is 1.84 bits per heavy atom. The van der Waals surface area contributed by atoms with Crippen LogP contribution in [0.25, 0.3) is 0 Å². The number of ether oxygens (including phenoxy) is 2. The molecule has 0 saturated carbocycles. The summed E-state index contributed by atoms with van der Waals surface area (Å²) in [5.41, 5.74) is 1.04. The molecule has 0 radical (unpaired) electrons. The van der Waals surface area contributed by atoms with Gasteiger partial charge in [0.05, 0.1) is 16.5 Å². The van der Waals surface area contributed by atoms with Crippen LogP contribution in [0.2, 0.25) is 0 Å². The van der Waals surface area contributed by atoms with E-state index in [-0.39, 0.29) is 18.0 Å². The fourth-order valence-corrected chi connectivity index (χ4v) is 2.55. The first-order chi connectivity index (χ1) is 12.0. The fraction of sp³-hybridized carbons (Fsp3) is 0.250. The monoisotopic (exact) mass is 346 g/mol. The molecule has 1 N–H and O–H groups in total. The lowest BCUT2D eigenvalue weighted by atomic mass is 10.0. The molecule has 9 heteroatoms. The van der Waals surface area contributed by atoms with Gasteiger partial charge in [0, 0.05) is 29.8 Å². The average molecular weight is 346 g/mol. The predicted molar refractivity (Wildman–Crippen MR) is 84.7 cm³/mol. The number of non-ortho nitro benzene ring substituents is 2. The molecule has 1 aliphatic rings. The third-order valence-corrected chi connectivity index (χ3v) is 3.85. The largest absolute Gasteiger partial charge is 0.388 e. The number of hydrogen-bond acceptors (Lipinski definition) is 7. The average Bonchev–Trinajstić information content (AvgIpc) is 2.62. The number of rotatable bonds is 4. The second-order valence-corrected chi connectivity index (χ2v) is 5.49. The molecular weight excluding hydrogens is 332 g/mol.